The lowest BCUT2D eigenvalue weighted by Gasteiger charge is -2.24. The molecule has 0 spiro atoms. The van der Waals surface area contributed by atoms with Crippen molar-refractivity contribution in [1.29, 1.82) is 0 Å². The maximum atomic E-state index is 9.93. The molecule has 0 amide bonds. The summed E-state index contributed by atoms with van der Waals surface area (Å²) in [5.41, 5.74) is 0. The Morgan fingerprint density at radius 3 is 1.90 bits per heavy atom. The minimum absolute atomic E-state index is 0.181. The molecular weight excluding hydrogens is 130 g/mol. The lowest BCUT2D eigenvalue weighted by molar-refractivity contribution is -0.540. The Bertz CT molecular complexity index is 108. The van der Waals surface area contributed by atoms with Gasteiger partial charge in [-0.15, -0.1) is 0 Å². The molecule has 0 saturated heterocycles. The van der Waals surface area contributed by atoms with Gasteiger partial charge in [0, 0.05) is 17.8 Å². The second-order valence-electron chi connectivity index (χ2n) is 2.52. The van der Waals surface area contributed by atoms with Crippen molar-refractivity contribution in [2.24, 2.45) is 5.92 Å². The molecule has 3 nitrogen and oxygen atoms in total. The molecule has 0 aromatic carbocycles. The molecule has 1 fully saturated rings. The van der Waals surface area contributed by atoms with E-state index >= 15 is 0 Å². The van der Waals surface area contributed by atoms with Crippen molar-refractivity contribution in [3.63, 3.8) is 0 Å². The molecule has 0 N–H and O–H groups in total. The van der Waals surface area contributed by atoms with Gasteiger partial charge in [0.2, 0.25) is 6.04 Å². The topological polar surface area (TPSA) is 43.1 Å². The zero-order chi connectivity index (χ0) is 8.15. The van der Waals surface area contributed by atoms with Gasteiger partial charge in [-0.3, -0.25) is 10.1 Å². The van der Waals surface area contributed by atoms with Crippen molar-refractivity contribution >= 4 is 0 Å². The van der Waals surface area contributed by atoms with Crippen molar-refractivity contribution in [2.45, 2.75) is 39.7 Å². The van der Waals surface area contributed by atoms with Crippen LogP contribution in [-0.2, 0) is 0 Å². The van der Waals surface area contributed by atoms with E-state index in [0.717, 1.165) is 12.8 Å². The summed E-state index contributed by atoms with van der Waals surface area (Å²) in [6.07, 6.45) is 1.57. The fourth-order valence-electron chi connectivity index (χ4n) is 1.03. The number of nitro groups is 1. The summed E-state index contributed by atoms with van der Waals surface area (Å²) in [7, 11) is 0. The summed E-state index contributed by atoms with van der Waals surface area (Å²) in [6, 6.07) is -0.218. The summed E-state index contributed by atoms with van der Waals surface area (Å²) < 4.78 is 0. The van der Waals surface area contributed by atoms with Gasteiger partial charge in [-0.05, 0) is 5.92 Å². The van der Waals surface area contributed by atoms with Gasteiger partial charge in [0.15, 0.2) is 0 Å². The molecule has 0 bridgehead atoms. The molecule has 0 heterocycles. The Labute approximate surface area is 61.6 Å². The highest BCUT2D eigenvalue weighted by molar-refractivity contribution is 4.75. The van der Waals surface area contributed by atoms with Crippen molar-refractivity contribution in [1.82, 2.24) is 0 Å². The highest BCUT2D eigenvalue weighted by atomic mass is 16.6. The summed E-state index contributed by atoms with van der Waals surface area (Å²) in [5.74, 6) is 0.588. The molecule has 10 heavy (non-hydrogen) atoms. The molecule has 0 radical (unpaired) electrons. The zero-order valence-corrected chi connectivity index (χ0v) is 6.83. The average Bonchev–Trinajstić information content (AvgIpc) is 1.86. The SMILES string of the molecule is CC.CC1CC([N+](=O)[O-])C1. The molecule has 1 aliphatic rings. The van der Waals surface area contributed by atoms with E-state index in [-0.39, 0.29) is 11.0 Å². The Balaban J connectivity index is 0.000000371. The first-order valence-electron chi connectivity index (χ1n) is 3.83. The van der Waals surface area contributed by atoms with E-state index in [4.69, 9.17) is 0 Å². The Kier molecular flexibility index (Phi) is 4.00. The first-order chi connectivity index (χ1) is 4.70. The molecule has 0 aromatic heterocycles. The quantitative estimate of drug-likeness (QED) is 0.419. The molecule has 60 valence electrons. The van der Waals surface area contributed by atoms with Crippen LogP contribution >= 0.6 is 0 Å². The van der Waals surface area contributed by atoms with Crippen LogP contribution in [0.15, 0.2) is 0 Å². The van der Waals surface area contributed by atoms with Crippen LogP contribution in [0, 0.1) is 16.0 Å². The van der Waals surface area contributed by atoms with Crippen LogP contribution in [0.25, 0.3) is 0 Å². The minimum Gasteiger partial charge on any atom is -0.264 e. The van der Waals surface area contributed by atoms with Crippen molar-refractivity contribution in [3.8, 4) is 0 Å². The van der Waals surface area contributed by atoms with E-state index < -0.39 is 0 Å². The number of hydrogen-bond donors (Lipinski definition) is 0. The van der Waals surface area contributed by atoms with Gasteiger partial charge in [-0.1, -0.05) is 20.8 Å². The minimum atomic E-state index is -0.218. The molecule has 0 atom stereocenters. The largest absolute Gasteiger partial charge is 0.264 e. The lowest BCUT2D eigenvalue weighted by Crippen LogP contribution is -2.33. The van der Waals surface area contributed by atoms with E-state index in [2.05, 4.69) is 0 Å². The normalized spacial score (nSPS) is 29.5. The summed E-state index contributed by atoms with van der Waals surface area (Å²) in [6.45, 7) is 6.04. The van der Waals surface area contributed by atoms with Crippen LogP contribution < -0.4 is 0 Å². The number of nitrogens with zero attached hydrogens (tertiary/aromatic N) is 1. The number of rotatable bonds is 1. The predicted octanol–water partition coefficient (Wildman–Crippen LogP) is 2.09. The number of hydrogen-bond acceptors (Lipinski definition) is 2. The maximum Gasteiger partial charge on any atom is 0.213 e. The zero-order valence-electron chi connectivity index (χ0n) is 6.83. The Morgan fingerprint density at radius 1 is 1.40 bits per heavy atom. The Hall–Kier alpha value is -0.600. The molecule has 1 aliphatic carbocycles. The monoisotopic (exact) mass is 145 g/mol. The second-order valence-corrected chi connectivity index (χ2v) is 2.52. The fraction of sp³-hybridized carbons (Fsp3) is 1.00. The molecule has 0 unspecified atom stereocenters. The van der Waals surface area contributed by atoms with Gasteiger partial charge in [-0.2, -0.15) is 0 Å². The third-order valence-electron chi connectivity index (χ3n) is 1.65. The lowest BCUT2D eigenvalue weighted by atomic mass is 9.82. The summed E-state index contributed by atoms with van der Waals surface area (Å²) >= 11 is 0. The fourth-order valence-corrected chi connectivity index (χ4v) is 1.03. The van der Waals surface area contributed by atoms with Crippen LogP contribution in [0.1, 0.15) is 33.6 Å². The first-order valence-corrected chi connectivity index (χ1v) is 3.83. The first kappa shape index (κ1) is 9.40. The molecule has 0 aliphatic heterocycles. The van der Waals surface area contributed by atoms with Gasteiger partial charge in [0.05, 0.1) is 0 Å². The van der Waals surface area contributed by atoms with E-state index in [1.165, 1.54) is 0 Å². The average molecular weight is 145 g/mol. The highest BCUT2D eigenvalue weighted by Gasteiger charge is 2.34. The molecule has 3 heteroatoms. The van der Waals surface area contributed by atoms with Gasteiger partial charge in [0.1, 0.15) is 0 Å². The van der Waals surface area contributed by atoms with E-state index in [1.54, 1.807) is 0 Å². The van der Waals surface area contributed by atoms with Crippen molar-refractivity contribution in [3.05, 3.63) is 10.1 Å². The molecule has 1 rings (SSSR count). The highest BCUT2D eigenvalue weighted by Crippen LogP contribution is 2.28. The second kappa shape index (κ2) is 4.25. The van der Waals surface area contributed by atoms with E-state index in [1.807, 2.05) is 20.8 Å². The van der Waals surface area contributed by atoms with Crippen molar-refractivity contribution < 1.29 is 4.92 Å². The molecule has 0 aromatic rings. The summed E-state index contributed by atoms with van der Waals surface area (Å²) in [4.78, 5) is 9.75. The van der Waals surface area contributed by atoms with Gasteiger partial charge >= 0.3 is 0 Å². The predicted molar refractivity (Wildman–Crippen MR) is 40.5 cm³/mol. The van der Waals surface area contributed by atoms with Gasteiger partial charge in [0.25, 0.3) is 0 Å². The smallest absolute Gasteiger partial charge is 0.213 e. The molecular formula is C7H15NO2. The summed E-state index contributed by atoms with van der Waals surface area (Å²) in [5, 5.41) is 9.93. The van der Waals surface area contributed by atoms with Crippen LogP contribution in [-0.4, -0.2) is 11.0 Å². The third-order valence-corrected chi connectivity index (χ3v) is 1.65. The van der Waals surface area contributed by atoms with Crippen LogP contribution in [0.4, 0.5) is 0 Å². The van der Waals surface area contributed by atoms with Crippen LogP contribution in [0.2, 0.25) is 0 Å². The van der Waals surface area contributed by atoms with Crippen LogP contribution in [0.5, 0.6) is 0 Å². The Morgan fingerprint density at radius 2 is 1.80 bits per heavy atom. The third kappa shape index (κ3) is 2.33. The van der Waals surface area contributed by atoms with Crippen molar-refractivity contribution in [2.75, 3.05) is 0 Å². The van der Waals surface area contributed by atoms with Gasteiger partial charge in [-0.25, -0.2) is 0 Å². The maximum absolute atomic E-state index is 9.93. The molecule has 1 saturated carbocycles. The standard InChI is InChI=1S/C5H9NO2.C2H6/c1-4-2-5(3-4)6(7)8;1-2/h4-5H,2-3H2,1H3;1-2H3. The van der Waals surface area contributed by atoms with E-state index in [9.17, 15) is 10.1 Å². The van der Waals surface area contributed by atoms with E-state index in [0.29, 0.717) is 5.92 Å². The van der Waals surface area contributed by atoms with Crippen LogP contribution in [0.3, 0.4) is 0 Å². The van der Waals surface area contributed by atoms with Gasteiger partial charge < -0.3 is 0 Å².